The Morgan fingerprint density at radius 2 is 1.29 bits per heavy atom. The van der Waals surface area contributed by atoms with Gasteiger partial charge in [0.25, 0.3) is 0 Å². The predicted octanol–water partition coefficient (Wildman–Crippen LogP) is 9.53. The molecule has 7 rings (SSSR count). The molecule has 208 valence electrons. The molecule has 1 heterocycles. The third-order valence-corrected chi connectivity index (χ3v) is 9.98. The first-order valence-corrected chi connectivity index (χ1v) is 15.1. The van der Waals surface area contributed by atoms with Crippen molar-refractivity contribution in [3.05, 3.63) is 132 Å². The highest BCUT2D eigenvalue weighted by molar-refractivity contribution is 5.73. The number of benzene rings is 3. The molecule has 0 spiro atoms. The van der Waals surface area contributed by atoms with E-state index in [1.807, 2.05) is 18.2 Å². The molecule has 0 N–H and O–H groups in total. The first-order valence-electron chi connectivity index (χ1n) is 15.1. The first kappa shape index (κ1) is 26.5. The van der Waals surface area contributed by atoms with Crippen molar-refractivity contribution in [2.24, 2.45) is 11.8 Å². The van der Waals surface area contributed by atoms with Crippen LogP contribution in [0, 0.1) is 11.8 Å². The second-order valence-electron chi connectivity index (χ2n) is 12.8. The number of hydrogen-bond donors (Lipinski definition) is 0. The summed E-state index contributed by atoms with van der Waals surface area (Å²) in [7, 11) is 0. The zero-order valence-electron chi connectivity index (χ0n) is 25.1. The van der Waals surface area contributed by atoms with E-state index in [1.54, 1.807) is 0 Å². The number of rotatable bonds is 4. The van der Waals surface area contributed by atoms with Gasteiger partial charge in [-0.2, -0.15) is 0 Å². The molecular weight excluding hydrogens is 510 g/mol. The van der Waals surface area contributed by atoms with E-state index in [4.69, 9.17) is 15.0 Å². The van der Waals surface area contributed by atoms with Gasteiger partial charge in [0, 0.05) is 22.1 Å². The molecule has 0 fully saturated rings. The summed E-state index contributed by atoms with van der Waals surface area (Å²) in [5.74, 6) is 3.01. The monoisotopic (exact) mass is 547 g/mol. The summed E-state index contributed by atoms with van der Waals surface area (Å²) in [6, 6.07) is 25.8. The lowest BCUT2D eigenvalue weighted by molar-refractivity contribution is 0.311. The summed E-state index contributed by atoms with van der Waals surface area (Å²) >= 11 is 0. The molecule has 3 aliphatic rings. The lowest BCUT2D eigenvalue weighted by Crippen LogP contribution is -2.36. The molecule has 0 saturated heterocycles. The van der Waals surface area contributed by atoms with Crippen LogP contribution in [0.25, 0.3) is 39.7 Å². The van der Waals surface area contributed by atoms with Gasteiger partial charge in [0.1, 0.15) is 0 Å². The van der Waals surface area contributed by atoms with Gasteiger partial charge in [0.15, 0.2) is 17.5 Å². The highest BCUT2D eigenvalue weighted by Crippen LogP contribution is 2.59. The second-order valence-corrected chi connectivity index (χ2v) is 12.8. The van der Waals surface area contributed by atoms with Crippen molar-refractivity contribution in [3.8, 4) is 34.2 Å². The van der Waals surface area contributed by atoms with Gasteiger partial charge in [-0.15, -0.1) is 0 Å². The van der Waals surface area contributed by atoms with Crippen molar-refractivity contribution in [1.29, 1.82) is 0 Å². The van der Waals surface area contributed by atoms with E-state index in [-0.39, 0.29) is 10.8 Å². The van der Waals surface area contributed by atoms with Gasteiger partial charge in [-0.25, -0.2) is 15.0 Å². The van der Waals surface area contributed by atoms with Crippen LogP contribution < -0.4 is 0 Å². The molecule has 0 radical (unpaired) electrons. The predicted molar refractivity (Wildman–Crippen MR) is 174 cm³/mol. The molecule has 0 bridgehead atoms. The molecule has 0 amide bonds. The quantitative estimate of drug-likeness (QED) is 0.255. The average molecular weight is 548 g/mol. The molecule has 4 aromatic rings. The lowest BCUT2D eigenvalue weighted by Gasteiger charge is -2.39. The Hall–Kier alpha value is -4.37. The van der Waals surface area contributed by atoms with Gasteiger partial charge in [0.05, 0.1) is 0 Å². The zero-order valence-corrected chi connectivity index (χ0v) is 25.1. The summed E-state index contributed by atoms with van der Waals surface area (Å²) < 4.78 is 0. The summed E-state index contributed by atoms with van der Waals surface area (Å²) in [6.45, 7) is 11.7. The largest absolute Gasteiger partial charge is 0.208 e. The molecule has 0 saturated carbocycles. The minimum atomic E-state index is -0.0137. The Bertz CT molecular complexity index is 1800. The molecule has 3 atom stereocenters. The fraction of sp³-hybridized carbons (Fsp3) is 0.256. The van der Waals surface area contributed by atoms with Crippen LogP contribution in [0.1, 0.15) is 57.7 Å². The van der Waals surface area contributed by atoms with Crippen LogP contribution >= 0.6 is 0 Å². The van der Waals surface area contributed by atoms with Crippen molar-refractivity contribution in [3.63, 3.8) is 0 Å². The highest BCUT2D eigenvalue weighted by Gasteiger charge is 2.53. The third-order valence-electron chi connectivity index (χ3n) is 9.98. The Labute approximate surface area is 249 Å². The van der Waals surface area contributed by atoms with Gasteiger partial charge < -0.3 is 0 Å². The fourth-order valence-corrected chi connectivity index (χ4v) is 7.39. The Morgan fingerprint density at radius 3 is 1.98 bits per heavy atom. The van der Waals surface area contributed by atoms with Gasteiger partial charge >= 0.3 is 0 Å². The number of aromatic nitrogens is 3. The van der Waals surface area contributed by atoms with Crippen LogP contribution in [-0.2, 0) is 10.8 Å². The normalized spacial score (nSPS) is 23.6. The average Bonchev–Trinajstić information content (AvgIpc) is 3.20. The van der Waals surface area contributed by atoms with Gasteiger partial charge in [-0.1, -0.05) is 136 Å². The van der Waals surface area contributed by atoms with Crippen molar-refractivity contribution < 1.29 is 0 Å². The minimum absolute atomic E-state index is 0.00557. The summed E-state index contributed by atoms with van der Waals surface area (Å²) in [5, 5.41) is 0. The van der Waals surface area contributed by atoms with Crippen molar-refractivity contribution in [1.82, 2.24) is 15.0 Å². The molecule has 3 aromatic carbocycles. The number of nitrogens with zero attached hydrogens (tertiary/aromatic N) is 3. The SMILES string of the molecule is CC1=CC=CC2C(C)(C)c3cc(-c4nc(-c5ccccc5)nc(-c5ccc(C6=CC=CCC6C)cc5)n4)ccc3C12C. The molecule has 3 heteroatoms. The van der Waals surface area contributed by atoms with E-state index in [0.717, 1.165) is 23.1 Å². The maximum absolute atomic E-state index is 5.08. The lowest BCUT2D eigenvalue weighted by atomic mass is 9.64. The van der Waals surface area contributed by atoms with Crippen LogP contribution in [0.4, 0.5) is 0 Å². The van der Waals surface area contributed by atoms with E-state index < -0.39 is 0 Å². The maximum Gasteiger partial charge on any atom is 0.164 e. The number of allylic oxidation sites excluding steroid dienone is 8. The van der Waals surface area contributed by atoms with Crippen molar-refractivity contribution in [2.75, 3.05) is 0 Å². The van der Waals surface area contributed by atoms with E-state index in [0.29, 0.717) is 29.3 Å². The minimum Gasteiger partial charge on any atom is -0.208 e. The van der Waals surface area contributed by atoms with E-state index in [2.05, 4.69) is 126 Å². The first-order chi connectivity index (χ1) is 20.3. The number of fused-ring (bicyclic) bond motifs is 3. The molecular formula is C39H37N3. The topological polar surface area (TPSA) is 38.7 Å². The van der Waals surface area contributed by atoms with E-state index in [9.17, 15) is 0 Å². The molecule has 3 unspecified atom stereocenters. The van der Waals surface area contributed by atoms with Gasteiger partial charge in [-0.3, -0.25) is 0 Å². The maximum atomic E-state index is 5.08. The molecule has 0 aliphatic heterocycles. The third kappa shape index (κ3) is 4.14. The van der Waals surface area contributed by atoms with Crippen LogP contribution in [0.3, 0.4) is 0 Å². The smallest absolute Gasteiger partial charge is 0.164 e. The fourth-order valence-electron chi connectivity index (χ4n) is 7.39. The van der Waals surface area contributed by atoms with Crippen molar-refractivity contribution >= 4 is 5.57 Å². The van der Waals surface area contributed by atoms with Crippen LogP contribution in [0.15, 0.2) is 115 Å². The van der Waals surface area contributed by atoms with E-state index in [1.165, 1.54) is 27.8 Å². The Balaban J connectivity index is 1.34. The second kappa shape index (κ2) is 9.87. The van der Waals surface area contributed by atoms with Crippen molar-refractivity contribution in [2.45, 2.75) is 51.9 Å². The molecule has 3 nitrogen and oxygen atoms in total. The van der Waals surface area contributed by atoms with Crippen LogP contribution in [0.5, 0.6) is 0 Å². The Kier molecular flexibility index (Phi) is 6.23. The summed E-state index contributed by atoms with van der Waals surface area (Å²) in [5.41, 5.74) is 9.82. The van der Waals surface area contributed by atoms with Crippen LogP contribution in [0.2, 0.25) is 0 Å². The molecule has 42 heavy (non-hydrogen) atoms. The zero-order chi connectivity index (χ0) is 29.1. The number of hydrogen-bond acceptors (Lipinski definition) is 3. The molecule has 1 aromatic heterocycles. The molecule has 3 aliphatic carbocycles. The van der Waals surface area contributed by atoms with Crippen LogP contribution in [-0.4, -0.2) is 15.0 Å². The summed E-state index contributed by atoms with van der Waals surface area (Å²) in [4.78, 5) is 15.1. The van der Waals surface area contributed by atoms with Gasteiger partial charge in [-0.05, 0) is 58.9 Å². The Morgan fingerprint density at radius 1 is 0.667 bits per heavy atom. The van der Waals surface area contributed by atoms with Gasteiger partial charge in [0.2, 0.25) is 0 Å². The highest BCUT2D eigenvalue weighted by atomic mass is 15.0. The standard InChI is InChI=1S/C39H37N3/c1-25-12-9-10-16-31(25)27-18-20-29(21-19-27)36-40-35(28-14-7-6-8-15-28)41-37(42-36)30-22-23-32-33(24-30)38(3,4)34-17-11-13-26(2)39(32,34)5/h6-11,13-25,34H,12H2,1-5H3. The van der Waals surface area contributed by atoms with E-state index >= 15 is 0 Å². The summed E-state index contributed by atoms with van der Waals surface area (Å²) in [6.07, 6.45) is 14.6.